The Bertz CT molecular complexity index is 1220. The molecule has 1 aromatic rings. The van der Waals surface area contributed by atoms with Crippen LogP contribution in [0, 0.1) is 0 Å². The van der Waals surface area contributed by atoms with Crippen molar-refractivity contribution in [2.24, 2.45) is 15.0 Å². The van der Waals surface area contributed by atoms with E-state index in [-0.39, 0.29) is 12.6 Å². The lowest BCUT2D eigenvalue weighted by atomic mass is 10.00. The van der Waals surface area contributed by atoms with Crippen LogP contribution in [-0.2, 0) is 39.8 Å². The van der Waals surface area contributed by atoms with E-state index in [0.717, 1.165) is 18.4 Å². The number of benzene rings is 1. The maximum Gasteiger partial charge on any atom is 0.303 e. The Morgan fingerprint density at radius 1 is 1.08 bits per heavy atom. The lowest BCUT2D eigenvalue weighted by molar-refractivity contribution is -0.167. The molecule has 1 saturated carbocycles. The fourth-order valence-electron chi connectivity index (χ4n) is 4.90. The van der Waals surface area contributed by atoms with Crippen LogP contribution in [-0.4, -0.2) is 89.0 Å². The van der Waals surface area contributed by atoms with Gasteiger partial charge in [-0.2, -0.15) is 0 Å². The monoisotopic (exact) mass is 557 g/mol. The van der Waals surface area contributed by atoms with E-state index in [1.165, 1.54) is 27.1 Å². The second kappa shape index (κ2) is 11.1. The molecule has 2 fully saturated rings. The number of amidine groups is 1. The van der Waals surface area contributed by atoms with Gasteiger partial charge in [-0.3, -0.25) is 24.6 Å². The molecule has 0 spiro atoms. The van der Waals surface area contributed by atoms with Gasteiger partial charge in [-0.15, -0.1) is 12.6 Å². The van der Waals surface area contributed by atoms with E-state index < -0.39 is 53.6 Å². The van der Waals surface area contributed by atoms with Gasteiger partial charge in [0.25, 0.3) is 0 Å². The molecule has 1 aromatic carbocycles. The van der Waals surface area contributed by atoms with E-state index in [1.54, 1.807) is 4.90 Å². The van der Waals surface area contributed by atoms with Crippen LogP contribution in [0.25, 0.3) is 0 Å². The molecule has 0 bridgehead atoms. The zero-order valence-corrected chi connectivity index (χ0v) is 22.7. The van der Waals surface area contributed by atoms with Crippen molar-refractivity contribution in [3.63, 3.8) is 0 Å². The van der Waals surface area contributed by atoms with E-state index in [9.17, 15) is 14.4 Å². The summed E-state index contributed by atoms with van der Waals surface area (Å²) in [5.74, 6) is -1.27. The van der Waals surface area contributed by atoms with Gasteiger partial charge in [-0.1, -0.05) is 30.3 Å². The Kier molecular flexibility index (Phi) is 7.74. The van der Waals surface area contributed by atoms with Gasteiger partial charge < -0.3 is 18.9 Å². The van der Waals surface area contributed by atoms with Gasteiger partial charge in [-0.25, -0.2) is 15.0 Å². The van der Waals surface area contributed by atoms with E-state index in [4.69, 9.17) is 36.6 Å². The van der Waals surface area contributed by atoms with Crippen molar-refractivity contribution < 1.29 is 33.3 Å². The third-order valence-electron chi connectivity index (χ3n) is 6.67. The van der Waals surface area contributed by atoms with Crippen molar-refractivity contribution in [1.82, 2.24) is 10.2 Å². The molecular weight excluding hydrogens is 526 g/mol. The highest BCUT2D eigenvalue weighted by Gasteiger charge is 2.57. The maximum atomic E-state index is 12.2. The molecule has 2 unspecified atom stereocenters. The number of nitrogens with one attached hydrogen (secondary N) is 1. The van der Waals surface area contributed by atoms with Crippen LogP contribution in [0.4, 0.5) is 0 Å². The van der Waals surface area contributed by atoms with Gasteiger partial charge in [0.15, 0.2) is 35.4 Å². The highest BCUT2D eigenvalue weighted by Crippen LogP contribution is 2.38. The zero-order chi connectivity index (χ0) is 27.7. The highest BCUT2D eigenvalue weighted by molar-refractivity contribution is 7.83. The Morgan fingerprint density at radius 3 is 2.41 bits per heavy atom. The van der Waals surface area contributed by atoms with Crippen LogP contribution in [0.2, 0.25) is 0 Å². The SMILES string of the molecule is CC(=O)OC[C@H]1O[C@@H](N2C3=NC=NC(S)(Cc4ccccc4)C3=NC2NC2CC2)[C@H](OC(C)=O)[C@@H]1OC(C)=O. The number of carbonyl (C=O) groups is 3. The smallest absolute Gasteiger partial charge is 0.303 e. The molecule has 13 heteroatoms. The number of fused-ring (bicyclic) bond motifs is 1. The standard InChI is InChI=1S/C26H31N5O7S/c1-14(32)35-12-19-20(36-15(2)33)21(37-16(3)34)24(38-19)31-23-22(30-25(31)29-18-9-10-18)26(39,28-13-27-23)11-17-7-5-4-6-8-17/h4-8,13,18-21,24-25,29,39H,9-12H2,1-3H3/t19-,20-,21-,24-,25?,26?/m1/s1. The molecule has 5 rings (SSSR count). The highest BCUT2D eigenvalue weighted by atomic mass is 32.1. The number of ether oxygens (including phenoxy) is 4. The maximum absolute atomic E-state index is 12.2. The molecule has 0 amide bonds. The zero-order valence-electron chi connectivity index (χ0n) is 21.9. The second-order valence-electron chi connectivity index (χ2n) is 9.89. The summed E-state index contributed by atoms with van der Waals surface area (Å²) in [6.45, 7) is 3.57. The number of carbonyl (C=O) groups excluding carboxylic acids is 3. The summed E-state index contributed by atoms with van der Waals surface area (Å²) >= 11 is 4.96. The minimum atomic E-state index is -1.06. The molecule has 208 valence electrons. The Labute approximate surface area is 231 Å². The molecule has 3 aliphatic heterocycles. The normalized spacial score (nSPS) is 31.3. The molecule has 1 N–H and O–H groups in total. The van der Waals surface area contributed by atoms with Crippen molar-refractivity contribution in [2.75, 3.05) is 6.61 Å². The topological polar surface area (TPSA) is 140 Å². The lowest BCUT2D eigenvalue weighted by Gasteiger charge is -2.35. The first kappa shape index (κ1) is 27.3. The quantitative estimate of drug-likeness (QED) is 0.261. The number of hydrogen-bond donors (Lipinski definition) is 2. The first-order chi connectivity index (χ1) is 18.6. The third-order valence-corrected chi connectivity index (χ3v) is 7.16. The molecule has 3 heterocycles. The fraction of sp³-hybridized carbons (Fsp3) is 0.538. The van der Waals surface area contributed by atoms with Crippen LogP contribution in [0.1, 0.15) is 39.2 Å². The largest absolute Gasteiger partial charge is 0.463 e. The van der Waals surface area contributed by atoms with Crippen LogP contribution in [0.3, 0.4) is 0 Å². The molecule has 0 aromatic heterocycles. The first-order valence-corrected chi connectivity index (χ1v) is 13.2. The molecule has 12 nitrogen and oxygen atoms in total. The minimum absolute atomic E-state index is 0.206. The van der Waals surface area contributed by atoms with Gasteiger partial charge in [0.2, 0.25) is 0 Å². The van der Waals surface area contributed by atoms with Crippen LogP contribution >= 0.6 is 12.6 Å². The number of thiol groups is 1. The number of hydrogen-bond acceptors (Lipinski definition) is 13. The second-order valence-corrected chi connectivity index (χ2v) is 10.6. The van der Waals surface area contributed by atoms with Crippen LogP contribution in [0.15, 0.2) is 45.3 Å². The number of esters is 3. The van der Waals surface area contributed by atoms with Crippen molar-refractivity contribution in [3.05, 3.63) is 35.9 Å². The summed E-state index contributed by atoms with van der Waals surface area (Å²) in [7, 11) is 0. The predicted molar refractivity (Wildman–Crippen MR) is 143 cm³/mol. The predicted octanol–water partition coefficient (Wildman–Crippen LogP) is 1.24. The van der Waals surface area contributed by atoms with E-state index >= 15 is 0 Å². The van der Waals surface area contributed by atoms with E-state index in [1.807, 2.05) is 30.3 Å². The van der Waals surface area contributed by atoms with Crippen molar-refractivity contribution in [2.45, 2.75) is 81.8 Å². The number of rotatable bonds is 9. The molecule has 39 heavy (non-hydrogen) atoms. The minimum Gasteiger partial charge on any atom is -0.463 e. The van der Waals surface area contributed by atoms with Crippen molar-refractivity contribution in [1.29, 1.82) is 0 Å². The van der Waals surface area contributed by atoms with E-state index in [0.29, 0.717) is 18.0 Å². The Balaban J connectivity index is 1.50. The van der Waals surface area contributed by atoms with Gasteiger partial charge in [0, 0.05) is 33.2 Å². The third kappa shape index (κ3) is 5.99. The van der Waals surface area contributed by atoms with Crippen LogP contribution in [0.5, 0.6) is 0 Å². The van der Waals surface area contributed by atoms with Crippen molar-refractivity contribution >= 4 is 48.4 Å². The lowest BCUT2D eigenvalue weighted by Crippen LogP contribution is -2.57. The first-order valence-electron chi connectivity index (χ1n) is 12.8. The summed E-state index contributed by atoms with van der Waals surface area (Å²) in [6, 6.07) is 10.1. The van der Waals surface area contributed by atoms with Gasteiger partial charge in [0.1, 0.15) is 24.8 Å². The summed E-state index contributed by atoms with van der Waals surface area (Å²) < 4.78 is 22.7. The molecule has 1 saturated heterocycles. The van der Waals surface area contributed by atoms with Gasteiger partial charge in [0.05, 0.1) is 0 Å². The summed E-state index contributed by atoms with van der Waals surface area (Å²) in [4.78, 5) is 50.6. The summed E-state index contributed by atoms with van der Waals surface area (Å²) in [6.07, 6.45) is -0.748. The van der Waals surface area contributed by atoms with E-state index in [2.05, 4.69) is 15.3 Å². The Hall–Kier alpha value is -3.29. The summed E-state index contributed by atoms with van der Waals surface area (Å²) in [5.41, 5.74) is 1.55. The average molecular weight is 558 g/mol. The fourth-order valence-corrected chi connectivity index (χ4v) is 5.29. The van der Waals surface area contributed by atoms with Crippen LogP contribution < -0.4 is 5.32 Å². The van der Waals surface area contributed by atoms with Gasteiger partial charge in [-0.05, 0) is 18.4 Å². The molecule has 6 atom stereocenters. The van der Waals surface area contributed by atoms with Crippen molar-refractivity contribution in [3.8, 4) is 0 Å². The number of nitrogens with zero attached hydrogens (tertiary/aromatic N) is 4. The molecular formula is C26H31N5O7S. The van der Waals surface area contributed by atoms with Gasteiger partial charge >= 0.3 is 17.9 Å². The number of aliphatic imine (C=N–C) groups is 3. The average Bonchev–Trinajstić information content (AvgIpc) is 3.53. The Morgan fingerprint density at radius 2 is 1.77 bits per heavy atom. The molecule has 1 aliphatic carbocycles. The molecule has 4 aliphatic rings. The molecule has 0 radical (unpaired) electrons. The summed E-state index contributed by atoms with van der Waals surface area (Å²) in [5, 5.41) is 3.49.